The molecule has 1 aromatic heterocycles. The van der Waals surface area contributed by atoms with Gasteiger partial charge in [0, 0.05) is 11.9 Å². The second-order valence-corrected chi connectivity index (χ2v) is 5.33. The molecule has 0 unspecified atom stereocenters. The largest absolute Gasteiger partial charge is 0.497 e. The van der Waals surface area contributed by atoms with E-state index >= 15 is 0 Å². The van der Waals surface area contributed by atoms with Crippen LogP contribution in [0.4, 0.5) is 0 Å². The van der Waals surface area contributed by atoms with Gasteiger partial charge in [0.2, 0.25) is 0 Å². The Labute approximate surface area is 139 Å². The quantitative estimate of drug-likeness (QED) is 0.559. The van der Waals surface area contributed by atoms with Crippen LogP contribution in [0.1, 0.15) is 16.1 Å². The van der Waals surface area contributed by atoms with Gasteiger partial charge in [-0.1, -0.05) is 30.3 Å². The summed E-state index contributed by atoms with van der Waals surface area (Å²) in [7, 11) is 1.61. The highest BCUT2D eigenvalue weighted by Crippen LogP contribution is 2.19. The Balaban J connectivity index is 1.56. The number of amides is 1. The van der Waals surface area contributed by atoms with Crippen molar-refractivity contribution in [2.24, 2.45) is 0 Å². The van der Waals surface area contributed by atoms with E-state index in [1.54, 1.807) is 19.2 Å². The van der Waals surface area contributed by atoms with Crippen molar-refractivity contribution in [3.8, 4) is 5.75 Å². The first-order chi connectivity index (χ1) is 11.7. The molecule has 3 rings (SSSR count). The maximum Gasteiger partial charge on any atom is 0.295 e. The summed E-state index contributed by atoms with van der Waals surface area (Å²) in [6, 6.07) is 16.4. The van der Waals surface area contributed by atoms with Crippen LogP contribution in [0.3, 0.4) is 0 Å². The summed E-state index contributed by atoms with van der Waals surface area (Å²) in [4.78, 5) is 24.1. The van der Waals surface area contributed by atoms with Crippen LogP contribution < -0.4 is 10.1 Å². The van der Waals surface area contributed by atoms with Gasteiger partial charge in [0.25, 0.3) is 11.7 Å². The lowest BCUT2D eigenvalue weighted by Crippen LogP contribution is -2.32. The Morgan fingerprint density at radius 1 is 1.08 bits per heavy atom. The van der Waals surface area contributed by atoms with Crippen LogP contribution in [0, 0.1) is 0 Å². The first-order valence-corrected chi connectivity index (χ1v) is 7.61. The summed E-state index contributed by atoms with van der Waals surface area (Å²) < 4.78 is 10.5. The second kappa shape index (κ2) is 7.00. The summed E-state index contributed by atoms with van der Waals surface area (Å²) >= 11 is 0. The number of benzene rings is 2. The van der Waals surface area contributed by atoms with Crippen LogP contribution in [0.5, 0.6) is 5.75 Å². The highest BCUT2D eigenvalue weighted by atomic mass is 16.5. The second-order valence-electron chi connectivity index (χ2n) is 5.33. The Kier molecular flexibility index (Phi) is 4.61. The van der Waals surface area contributed by atoms with E-state index in [0.717, 1.165) is 16.7 Å². The number of nitrogens with one attached hydrogen (secondary N) is 1. The predicted molar refractivity (Wildman–Crippen MR) is 90.3 cm³/mol. The molecule has 122 valence electrons. The number of Topliss-reactive ketones (excluding diaryl/α,β-unsaturated/α-hetero) is 1. The van der Waals surface area contributed by atoms with E-state index < -0.39 is 11.7 Å². The molecule has 1 amide bonds. The third-order valence-corrected chi connectivity index (χ3v) is 3.71. The van der Waals surface area contributed by atoms with Crippen LogP contribution >= 0.6 is 0 Å². The van der Waals surface area contributed by atoms with Gasteiger partial charge in [-0.25, -0.2) is 0 Å². The molecule has 5 heteroatoms. The Hall–Kier alpha value is -3.08. The molecular formula is C19H17NO4. The third kappa shape index (κ3) is 3.46. The lowest BCUT2D eigenvalue weighted by Gasteiger charge is -2.05. The number of carbonyl (C=O) groups is 2. The lowest BCUT2D eigenvalue weighted by molar-refractivity contribution is -0.117. The molecule has 5 nitrogen and oxygen atoms in total. The van der Waals surface area contributed by atoms with E-state index in [1.807, 2.05) is 42.5 Å². The molecule has 0 saturated heterocycles. The fraction of sp³-hybridized carbons (Fsp3) is 0.158. The molecule has 24 heavy (non-hydrogen) atoms. The zero-order valence-corrected chi connectivity index (χ0v) is 13.2. The van der Waals surface area contributed by atoms with Gasteiger partial charge in [0.1, 0.15) is 11.3 Å². The van der Waals surface area contributed by atoms with Crippen molar-refractivity contribution in [2.75, 3.05) is 13.7 Å². The average molecular weight is 323 g/mol. The van der Waals surface area contributed by atoms with Crippen molar-refractivity contribution in [1.82, 2.24) is 5.32 Å². The molecule has 0 spiro atoms. The third-order valence-electron chi connectivity index (χ3n) is 3.71. The number of furan rings is 1. The van der Waals surface area contributed by atoms with E-state index in [2.05, 4.69) is 5.32 Å². The van der Waals surface area contributed by atoms with Crippen LogP contribution in [-0.4, -0.2) is 25.3 Å². The van der Waals surface area contributed by atoms with Crippen LogP contribution in [0.2, 0.25) is 0 Å². The van der Waals surface area contributed by atoms with Crippen molar-refractivity contribution >= 4 is 22.7 Å². The fourth-order valence-electron chi connectivity index (χ4n) is 2.40. The summed E-state index contributed by atoms with van der Waals surface area (Å²) in [6.45, 7) is 0.372. The molecule has 3 aromatic rings. The number of para-hydroxylation sites is 1. The van der Waals surface area contributed by atoms with E-state index in [1.165, 1.54) is 0 Å². The average Bonchev–Trinajstić information content (AvgIpc) is 3.05. The maximum absolute atomic E-state index is 12.1. The number of ketones is 1. The predicted octanol–water partition coefficient (Wildman–Crippen LogP) is 2.98. The van der Waals surface area contributed by atoms with Crippen molar-refractivity contribution in [2.45, 2.75) is 6.42 Å². The van der Waals surface area contributed by atoms with Crippen molar-refractivity contribution in [1.29, 1.82) is 0 Å². The molecule has 2 aromatic carbocycles. The zero-order chi connectivity index (χ0) is 16.9. The summed E-state index contributed by atoms with van der Waals surface area (Å²) in [5.74, 6) is -0.496. The number of carbonyl (C=O) groups excluding carboxylic acids is 2. The Morgan fingerprint density at radius 3 is 2.54 bits per heavy atom. The van der Waals surface area contributed by atoms with Crippen LogP contribution in [-0.2, 0) is 11.2 Å². The molecule has 0 bridgehead atoms. The maximum atomic E-state index is 12.1. The molecular weight excluding hydrogens is 306 g/mol. The SMILES string of the molecule is COc1ccc(CCNC(=O)C(=O)c2cc3ccccc3o2)cc1. The van der Waals surface area contributed by atoms with Gasteiger partial charge in [-0.05, 0) is 36.2 Å². The standard InChI is InChI=1S/C19H17NO4/c1-23-15-8-6-13(7-9-15)10-11-20-19(22)18(21)17-12-14-4-2-3-5-16(14)24-17/h2-9,12H,10-11H2,1H3,(H,20,22). The summed E-state index contributed by atoms with van der Waals surface area (Å²) in [5, 5.41) is 3.42. The van der Waals surface area contributed by atoms with E-state index in [4.69, 9.17) is 9.15 Å². The van der Waals surface area contributed by atoms with Crippen molar-refractivity contribution in [3.63, 3.8) is 0 Å². The van der Waals surface area contributed by atoms with Crippen LogP contribution in [0.25, 0.3) is 11.0 Å². The molecule has 0 saturated carbocycles. The molecule has 0 atom stereocenters. The molecule has 0 fully saturated rings. The van der Waals surface area contributed by atoms with Gasteiger partial charge >= 0.3 is 0 Å². The number of ether oxygens (including phenoxy) is 1. The highest BCUT2D eigenvalue weighted by molar-refractivity contribution is 6.42. The smallest absolute Gasteiger partial charge is 0.295 e. The number of hydrogen-bond acceptors (Lipinski definition) is 4. The van der Waals surface area contributed by atoms with E-state index in [9.17, 15) is 9.59 Å². The Bertz CT molecular complexity index is 831. The first-order valence-electron chi connectivity index (χ1n) is 7.61. The molecule has 0 aliphatic rings. The van der Waals surface area contributed by atoms with Gasteiger partial charge in [-0.3, -0.25) is 9.59 Å². The molecule has 0 aliphatic carbocycles. The van der Waals surface area contributed by atoms with Crippen LogP contribution in [0.15, 0.2) is 59.0 Å². The van der Waals surface area contributed by atoms with Gasteiger partial charge < -0.3 is 14.5 Å². The van der Waals surface area contributed by atoms with Crippen molar-refractivity contribution < 1.29 is 18.7 Å². The monoisotopic (exact) mass is 323 g/mol. The van der Waals surface area contributed by atoms with Crippen molar-refractivity contribution in [3.05, 3.63) is 65.9 Å². The zero-order valence-electron chi connectivity index (χ0n) is 13.2. The minimum absolute atomic E-state index is 0.0538. The number of fused-ring (bicyclic) bond motifs is 1. The molecule has 1 heterocycles. The molecule has 0 aliphatic heterocycles. The number of methoxy groups -OCH3 is 1. The van der Waals surface area contributed by atoms with Gasteiger partial charge in [-0.15, -0.1) is 0 Å². The number of rotatable bonds is 6. The van der Waals surface area contributed by atoms with Gasteiger partial charge in [-0.2, -0.15) is 0 Å². The van der Waals surface area contributed by atoms with Gasteiger partial charge in [0.15, 0.2) is 5.76 Å². The fourth-order valence-corrected chi connectivity index (χ4v) is 2.40. The normalized spacial score (nSPS) is 10.5. The summed E-state index contributed by atoms with van der Waals surface area (Å²) in [6.07, 6.45) is 0.628. The molecule has 0 radical (unpaired) electrons. The first kappa shape index (κ1) is 15.8. The number of hydrogen-bond donors (Lipinski definition) is 1. The topological polar surface area (TPSA) is 68.5 Å². The minimum atomic E-state index is -0.666. The lowest BCUT2D eigenvalue weighted by atomic mass is 10.1. The Morgan fingerprint density at radius 2 is 1.83 bits per heavy atom. The van der Waals surface area contributed by atoms with Gasteiger partial charge in [0.05, 0.1) is 7.11 Å². The minimum Gasteiger partial charge on any atom is -0.497 e. The molecule has 1 N–H and O–H groups in total. The highest BCUT2D eigenvalue weighted by Gasteiger charge is 2.20. The van der Waals surface area contributed by atoms with E-state index in [-0.39, 0.29) is 5.76 Å². The summed E-state index contributed by atoms with van der Waals surface area (Å²) in [5.41, 5.74) is 1.64. The van der Waals surface area contributed by atoms with E-state index in [0.29, 0.717) is 18.5 Å².